The zero-order valence-electron chi connectivity index (χ0n) is 14.5. The monoisotopic (exact) mass is 391 g/mol. The van der Waals surface area contributed by atoms with Crippen molar-refractivity contribution in [2.45, 2.75) is 25.1 Å². The van der Waals surface area contributed by atoms with Gasteiger partial charge in [-0.1, -0.05) is 16.9 Å². The van der Waals surface area contributed by atoms with Gasteiger partial charge in [0, 0.05) is 18.4 Å². The zero-order chi connectivity index (χ0) is 18.7. The molecule has 2 heterocycles. The number of hydrogen-bond donors (Lipinski definition) is 1. The Balaban J connectivity index is 1.69. The van der Waals surface area contributed by atoms with Gasteiger partial charge in [-0.3, -0.25) is 9.59 Å². The second-order valence-corrected chi connectivity index (χ2v) is 7.88. The van der Waals surface area contributed by atoms with Gasteiger partial charge in [0.05, 0.1) is 15.9 Å². The third-order valence-electron chi connectivity index (χ3n) is 3.50. The summed E-state index contributed by atoms with van der Waals surface area (Å²) in [6.07, 6.45) is 0. The predicted octanol–water partition coefficient (Wildman–Crippen LogP) is 3.81. The van der Waals surface area contributed by atoms with Crippen LogP contribution in [-0.4, -0.2) is 34.4 Å². The molecule has 1 amide bonds. The van der Waals surface area contributed by atoms with E-state index in [0.29, 0.717) is 35.1 Å². The van der Waals surface area contributed by atoms with Crippen molar-refractivity contribution in [2.24, 2.45) is 0 Å². The van der Waals surface area contributed by atoms with Crippen LogP contribution in [0, 0.1) is 13.8 Å². The van der Waals surface area contributed by atoms with E-state index in [1.54, 1.807) is 13.8 Å². The number of nitrogens with one attached hydrogen (secondary N) is 1. The van der Waals surface area contributed by atoms with Gasteiger partial charge in [0.15, 0.2) is 4.34 Å². The molecule has 0 atom stereocenters. The molecule has 7 nitrogen and oxygen atoms in total. The van der Waals surface area contributed by atoms with E-state index in [2.05, 4.69) is 15.5 Å². The minimum absolute atomic E-state index is 0.249. The molecule has 2 aromatic heterocycles. The molecule has 0 radical (unpaired) electrons. The van der Waals surface area contributed by atoms with Crippen LogP contribution >= 0.6 is 23.1 Å². The SMILES string of the molecule is CC(=O)OCCSc1nc2ccc(NC(=O)c3c(C)noc3C)cc2s1. The van der Waals surface area contributed by atoms with Gasteiger partial charge in [-0.15, -0.1) is 11.3 Å². The molecular formula is C17H17N3O4S2. The Labute approximate surface area is 158 Å². The molecule has 3 aromatic rings. The summed E-state index contributed by atoms with van der Waals surface area (Å²) in [6.45, 7) is 5.19. The first-order valence-electron chi connectivity index (χ1n) is 7.85. The van der Waals surface area contributed by atoms with Crippen LogP contribution in [0.4, 0.5) is 5.69 Å². The predicted molar refractivity (Wildman–Crippen MR) is 101 cm³/mol. The number of thioether (sulfide) groups is 1. The molecule has 0 saturated heterocycles. The van der Waals surface area contributed by atoms with E-state index in [1.807, 2.05) is 18.2 Å². The number of hydrogen-bond acceptors (Lipinski definition) is 8. The van der Waals surface area contributed by atoms with Crippen molar-refractivity contribution >= 4 is 50.9 Å². The lowest BCUT2D eigenvalue weighted by Gasteiger charge is -2.04. The van der Waals surface area contributed by atoms with Gasteiger partial charge in [-0.25, -0.2) is 4.98 Å². The second-order valence-electron chi connectivity index (χ2n) is 5.50. The van der Waals surface area contributed by atoms with E-state index in [9.17, 15) is 9.59 Å². The van der Waals surface area contributed by atoms with Crippen molar-refractivity contribution in [1.29, 1.82) is 0 Å². The molecule has 0 saturated carbocycles. The van der Waals surface area contributed by atoms with Crippen molar-refractivity contribution < 1.29 is 18.8 Å². The minimum Gasteiger partial charge on any atom is -0.465 e. The van der Waals surface area contributed by atoms with Crippen molar-refractivity contribution in [3.05, 3.63) is 35.2 Å². The van der Waals surface area contributed by atoms with Crippen LogP contribution in [0.5, 0.6) is 0 Å². The Morgan fingerprint density at radius 3 is 2.85 bits per heavy atom. The first-order valence-corrected chi connectivity index (χ1v) is 9.65. The van der Waals surface area contributed by atoms with Gasteiger partial charge in [-0.05, 0) is 32.0 Å². The Morgan fingerprint density at radius 1 is 1.35 bits per heavy atom. The van der Waals surface area contributed by atoms with E-state index >= 15 is 0 Å². The first-order chi connectivity index (χ1) is 12.4. The van der Waals surface area contributed by atoms with E-state index in [0.717, 1.165) is 14.6 Å². The number of thiazole rings is 1. The number of ether oxygens (including phenoxy) is 1. The number of anilines is 1. The summed E-state index contributed by atoms with van der Waals surface area (Å²) in [6, 6.07) is 5.57. The number of amides is 1. The van der Waals surface area contributed by atoms with Gasteiger partial charge < -0.3 is 14.6 Å². The smallest absolute Gasteiger partial charge is 0.302 e. The number of carbonyl (C=O) groups excluding carboxylic acids is 2. The average Bonchev–Trinajstić information content (AvgIpc) is 3.13. The molecule has 0 aliphatic rings. The summed E-state index contributed by atoms with van der Waals surface area (Å²) < 4.78 is 11.8. The normalized spacial score (nSPS) is 10.9. The van der Waals surface area contributed by atoms with Crippen LogP contribution in [0.3, 0.4) is 0 Å². The Kier molecular flexibility index (Phi) is 5.58. The van der Waals surface area contributed by atoms with E-state index in [-0.39, 0.29) is 11.9 Å². The van der Waals surface area contributed by atoms with Crippen molar-refractivity contribution in [3.63, 3.8) is 0 Å². The highest BCUT2D eigenvalue weighted by molar-refractivity contribution is 8.01. The molecule has 3 rings (SSSR count). The highest BCUT2D eigenvalue weighted by atomic mass is 32.2. The quantitative estimate of drug-likeness (QED) is 0.388. The van der Waals surface area contributed by atoms with Gasteiger partial charge in [0.1, 0.15) is 17.9 Å². The molecule has 9 heteroatoms. The van der Waals surface area contributed by atoms with Gasteiger partial charge in [0.25, 0.3) is 5.91 Å². The summed E-state index contributed by atoms with van der Waals surface area (Å²) in [5, 5.41) is 6.67. The molecule has 0 unspecified atom stereocenters. The molecule has 0 aliphatic carbocycles. The van der Waals surface area contributed by atoms with E-state index in [1.165, 1.54) is 30.0 Å². The first kappa shape index (κ1) is 18.4. The summed E-state index contributed by atoms with van der Waals surface area (Å²) in [5.41, 5.74) is 2.56. The largest absolute Gasteiger partial charge is 0.465 e. The lowest BCUT2D eigenvalue weighted by molar-refractivity contribution is -0.140. The fourth-order valence-electron chi connectivity index (χ4n) is 2.36. The van der Waals surface area contributed by atoms with Crippen molar-refractivity contribution in [2.75, 3.05) is 17.7 Å². The summed E-state index contributed by atoms with van der Waals surface area (Å²) >= 11 is 3.06. The topological polar surface area (TPSA) is 94.3 Å². The number of nitrogens with zero attached hydrogens (tertiary/aromatic N) is 2. The molecule has 26 heavy (non-hydrogen) atoms. The van der Waals surface area contributed by atoms with Crippen LogP contribution < -0.4 is 5.32 Å². The number of benzene rings is 1. The molecule has 0 aliphatic heterocycles. The number of esters is 1. The summed E-state index contributed by atoms with van der Waals surface area (Å²) in [4.78, 5) is 27.7. The number of fused-ring (bicyclic) bond motifs is 1. The third kappa shape index (κ3) is 4.23. The van der Waals surface area contributed by atoms with Crippen molar-refractivity contribution in [3.8, 4) is 0 Å². The van der Waals surface area contributed by atoms with Gasteiger partial charge in [-0.2, -0.15) is 0 Å². The number of aromatic nitrogens is 2. The van der Waals surface area contributed by atoms with Gasteiger partial charge >= 0.3 is 5.97 Å². The zero-order valence-corrected chi connectivity index (χ0v) is 16.1. The number of aryl methyl sites for hydroxylation is 2. The summed E-state index contributed by atoms with van der Waals surface area (Å²) in [5.74, 6) is 0.606. The molecule has 0 fully saturated rings. The molecule has 0 spiro atoms. The molecule has 1 N–H and O–H groups in total. The maximum absolute atomic E-state index is 12.4. The molecular weight excluding hydrogens is 374 g/mol. The minimum atomic E-state index is -0.284. The molecule has 0 bridgehead atoms. The lowest BCUT2D eigenvalue weighted by Crippen LogP contribution is -2.13. The average molecular weight is 391 g/mol. The van der Waals surface area contributed by atoms with Crippen molar-refractivity contribution in [1.82, 2.24) is 10.1 Å². The van der Waals surface area contributed by atoms with Crippen LogP contribution in [0.15, 0.2) is 27.1 Å². The second kappa shape index (κ2) is 7.88. The summed E-state index contributed by atoms with van der Waals surface area (Å²) in [7, 11) is 0. The number of carbonyl (C=O) groups is 2. The van der Waals surface area contributed by atoms with Gasteiger partial charge in [0.2, 0.25) is 0 Å². The van der Waals surface area contributed by atoms with Crippen LogP contribution in [0.2, 0.25) is 0 Å². The van der Waals surface area contributed by atoms with Crippen LogP contribution in [0.25, 0.3) is 10.2 Å². The maximum atomic E-state index is 12.4. The number of rotatable bonds is 6. The van der Waals surface area contributed by atoms with Crippen LogP contribution in [0.1, 0.15) is 28.7 Å². The fourth-order valence-corrected chi connectivity index (χ4v) is 4.35. The molecule has 1 aromatic carbocycles. The third-order valence-corrected chi connectivity index (χ3v) is 5.63. The lowest BCUT2D eigenvalue weighted by atomic mass is 10.2. The Hall–Kier alpha value is -2.39. The highest BCUT2D eigenvalue weighted by Crippen LogP contribution is 2.31. The van der Waals surface area contributed by atoms with E-state index < -0.39 is 0 Å². The highest BCUT2D eigenvalue weighted by Gasteiger charge is 2.17. The van der Waals surface area contributed by atoms with E-state index in [4.69, 9.17) is 9.26 Å². The Bertz CT molecular complexity index is 945. The Morgan fingerprint density at radius 2 is 2.15 bits per heavy atom. The molecule has 136 valence electrons. The maximum Gasteiger partial charge on any atom is 0.302 e. The standard InChI is InChI=1S/C17H17N3O4S2/c1-9-15(10(2)24-20-9)16(22)18-12-4-5-13-14(8-12)26-17(19-13)25-7-6-23-11(3)21/h4-5,8H,6-7H2,1-3H3,(H,18,22). The fraction of sp³-hybridized carbons (Fsp3) is 0.294. The van der Waals surface area contributed by atoms with Crippen LogP contribution in [-0.2, 0) is 9.53 Å².